The summed E-state index contributed by atoms with van der Waals surface area (Å²) in [6.07, 6.45) is 2.82. The van der Waals surface area contributed by atoms with Gasteiger partial charge in [-0.15, -0.1) is 11.3 Å². The van der Waals surface area contributed by atoms with Gasteiger partial charge in [-0.1, -0.05) is 0 Å². The predicted octanol–water partition coefficient (Wildman–Crippen LogP) is 3.89. The van der Waals surface area contributed by atoms with Gasteiger partial charge in [-0.2, -0.15) is 5.10 Å². The standard InChI is InChI=1S/C19H18F4N4OS/c1-9-11(12-7-25-27-8-10(20)5-13(21)16(12)27)6-15(29-9)18(28)26-17-14(24)3-2-4-19(17,22)23/h5-8,14,17H,2-4,24H2,1H3,(H,26,28)/t14-,17+/m0/s1. The number of carbonyl (C=O) groups excluding carboxylic acids is 1. The Morgan fingerprint density at radius 2 is 2.10 bits per heavy atom. The molecule has 3 N–H and O–H groups in total. The molecule has 4 rings (SSSR count). The van der Waals surface area contributed by atoms with E-state index >= 15 is 0 Å². The molecule has 1 amide bonds. The van der Waals surface area contributed by atoms with Gasteiger partial charge >= 0.3 is 0 Å². The molecule has 0 aliphatic heterocycles. The average molecular weight is 426 g/mol. The summed E-state index contributed by atoms with van der Waals surface area (Å²) in [5.74, 6) is -5.29. The number of nitrogens with one attached hydrogen (secondary N) is 1. The van der Waals surface area contributed by atoms with Crippen LogP contribution >= 0.6 is 11.3 Å². The SMILES string of the molecule is Cc1sc(C(=O)N[C@@H]2[C@@H](N)CCCC2(F)F)cc1-c1cnn2cc(F)cc(F)c12. The Morgan fingerprint density at radius 1 is 1.34 bits per heavy atom. The fourth-order valence-electron chi connectivity index (χ4n) is 3.73. The van der Waals surface area contributed by atoms with E-state index in [0.29, 0.717) is 28.8 Å². The van der Waals surface area contributed by atoms with Crippen molar-refractivity contribution in [2.75, 3.05) is 0 Å². The Morgan fingerprint density at radius 3 is 2.83 bits per heavy atom. The fraction of sp³-hybridized carbons (Fsp3) is 0.368. The van der Waals surface area contributed by atoms with Crippen molar-refractivity contribution in [3.63, 3.8) is 0 Å². The number of pyridine rings is 1. The third-order valence-corrected chi connectivity index (χ3v) is 6.23. The lowest BCUT2D eigenvalue weighted by atomic mass is 9.87. The summed E-state index contributed by atoms with van der Waals surface area (Å²) in [5, 5.41) is 6.33. The molecule has 0 saturated heterocycles. The maximum Gasteiger partial charge on any atom is 0.269 e. The predicted molar refractivity (Wildman–Crippen MR) is 101 cm³/mol. The number of hydrogen-bond acceptors (Lipinski definition) is 4. The monoisotopic (exact) mass is 426 g/mol. The highest BCUT2D eigenvalue weighted by atomic mass is 32.1. The largest absolute Gasteiger partial charge is 0.341 e. The highest BCUT2D eigenvalue weighted by Gasteiger charge is 2.46. The Hall–Kier alpha value is -2.46. The third-order valence-electron chi connectivity index (χ3n) is 5.18. The lowest BCUT2D eigenvalue weighted by Gasteiger charge is -2.36. The Kier molecular flexibility index (Phi) is 4.86. The molecule has 3 aromatic heterocycles. The summed E-state index contributed by atoms with van der Waals surface area (Å²) in [6.45, 7) is 1.72. The molecule has 10 heteroatoms. The van der Waals surface area contributed by atoms with Crippen molar-refractivity contribution in [3.05, 3.63) is 45.9 Å². The second-order valence-electron chi connectivity index (χ2n) is 7.21. The van der Waals surface area contributed by atoms with Gasteiger partial charge in [0, 0.05) is 29.0 Å². The zero-order valence-corrected chi connectivity index (χ0v) is 16.2. The molecule has 29 heavy (non-hydrogen) atoms. The van der Waals surface area contributed by atoms with E-state index in [9.17, 15) is 22.4 Å². The molecule has 1 fully saturated rings. The van der Waals surface area contributed by atoms with Crippen LogP contribution in [-0.4, -0.2) is 33.5 Å². The van der Waals surface area contributed by atoms with Gasteiger partial charge in [-0.05, 0) is 31.4 Å². The minimum absolute atomic E-state index is 0.0695. The number of alkyl halides is 2. The van der Waals surface area contributed by atoms with Crippen LogP contribution in [0.25, 0.3) is 16.6 Å². The smallest absolute Gasteiger partial charge is 0.269 e. The molecule has 0 spiro atoms. The lowest BCUT2D eigenvalue weighted by Crippen LogP contribution is -2.59. The number of nitrogens with zero attached hydrogens (tertiary/aromatic N) is 2. The van der Waals surface area contributed by atoms with Crippen molar-refractivity contribution >= 4 is 22.8 Å². The first-order chi connectivity index (χ1) is 13.7. The minimum atomic E-state index is -3.07. The number of fused-ring (bicyclic) bond motifs is 1. The van der Waals surface area contributed by atoms with Crippen LogP contribution in [0.2, 0.25) is 0 Å². The van der Waals surface area contributed by atoms with Crippen molar-refractivity contribution < 1.29 is 22.4 Å². The van der Waals surface area contributed by atoms with Crippen LogP contribution in [0.5, 0.6) is 0 Å². The van der Waals surface area contributed by atoms with Crippen molar-refractivity contribution in [1.82, 2.24) is 14.9 Å². The average Bonchev–Trinajstić information content (AvgIpc) is 3.21. The van der Waals surface area contributed by atoms with Gasteiger partial charge in [0.15, 0.2) is 5.82 Å². The van der Waals surface area contributed by atoms with Crippen LogP contribution in [0.3, 0.4) is 0 Å². The number of halogens is 4. The van der Waals surface area contributed by atoms with Crippen LogP contribution in [0.4, 0.5) is 17.6 Å². The number of rotatable bonds is 3. The van der Waals surface area contributed by atoms with Crippen LogP contribution in [0, 0.1) is 18.6 Å². The maximum atomic E-state index is 14.3. The molecule has 0 aromatic carbocycles. The van der Waals surface area contributed by atoms with Crippen LogP contribution in [0.15, 0.2) is 24.5 Å². The number of nitrogens with two attached hydrogens (primary N) is 1. The van der Waals surface area contributed by atoms with Crippen molar-refractivity contribution in [3.8, 4) is 11.1 Å². The van der Waals surface area contributed by atoms with Gasteiger partial charge in [0.25, 0.3) is 11.8 Å². The zero-order chi connectivity index (χ0) is 20.9. The van der Waals surface area contributed by atoms with Crippen molar-refractivity contribution in [1.29, 1.82) is 0 Å². The van der Waals surface area contributed by atoms with E-state index in [1.165, 1.54) is 12.3 Å². The Labute approximate surface area is 167 Å². The molecular weight excluding hydrogens is 408 g/mol. The van der Waals surface area contributed by atoms with E-state index in [0.717, 1.165) is 28.1 Å². The summed E-state index contributed by atoms with van der Waals surface area (Å²) in [5.41, 5.74) is 6.79. The van der Waals surface area contributed by atoms with E-state index < -0.39 is 35.5 Å². The van der Waals surface area contributed by atoms with Gasteiger partial charge in [0.2, 0.25) is 0 Å². The van der Waals surface area contributed by atoms with Crippen LogP contribution < -0.4 is 11.1 Å². The minimum Gasteiger partial charge on any atom is -0.341 e. The first-order valence-electron chi connectivity index (χ1n) is 9.05. The lowest BCUT2D eigenvalue weighted by molar-refractivity contribution is -0.0674. The number of hydrogen-bond donors (Lipinski definition) is 2. The molecule has 5 nitrogen and oxygen atoms in total. The second-order valence-corrected chi connectivity index (χ2v) is 8.46. The molecule has 2 atom stereocenters. The summed E-state index contributed by atoms with van der Waals surface area (Å²) < 4.78 is 57.1. The number of amides is 1. The van der Waals surface area contributed by atoms with Crippen molar-refractivity contribution in [2.45, 2.75) is 44.2 Å². The third kappa shape index (κ3) is 3.51. The highest BCUT2D eigenvalue weighted by Crippen LogP contribution is 2.36. The summed E-state index contributed by atoms with van der Waals surface area (Å²) >= 11 is 1.10. The van der Waals surface area contributed by atoms with Gasteiger partial charge < -0.3 is 11.1 Å². The normalized spacial score (nSPS) is 21.4. The molecule has 3 aromatic rings. The first kappa shape index (κ1) is 19.8. The molecule has 1 aliphatic carbocycles. The Balaban J connectivity index is 1.66. The van der Waals surface area contributed by atoms with E-state index in [1.807, 2.05) is 0 Å². The number of thiophene rings is 1. The zero-order valence-electron chi connectivity index (χ0n) is 15.4. The van der Waals surface area contributed by atoms with Crippen molar-refractivity contribution in [2.24, 2.45) is 5.73 Å². The maximum absolute atomic E-state index is 14.3. The second kappa shape index (κ2) is 7.10. The summed E-state index contributed by atoms with van der Waals surface area (Å²) in [6, 6.07) is -0.0110. The van der Waals surface area contributed by atoms with E-state index in [1.54, 1.807) is 6.92 Å². The number of aryl methyl sites for hydroxylation is 1. The van der Waals surface area contributed by atoms with E-state index in [-0.39, 0.29) is 16.8 Å². The van der Waals surface area contributed by atoms with E-state index in [2.05, 4.69) is 10.4 Å². The number of aromatic nitrogens is 2. The molecule has 0 unspecified atom stereocenters. The number of carbonyl (C=O) groups is 1. The molecule has 154 valence electrons. The van der Waals surface area contributed by atoms with Gasteiger partial charge in [0.1, 0.15) is 17.4 Å². The van der Waals surface area contributed by atoms with Crippen LogP contribution in [-0.2, 0) is 0 Å². The first-order valence-corrected chi connectivity index (χ1v) is 9.86. The molecule has 0 radical (unpaired) electrons. The Bertz CT molecular complexity index is 1090. The molecule has 1 aliphatic rings. The summed E-state index contributed by atoms with van der Waals surface area (Å²) in [7, 11) is 0. The van der Waals surface area contributed by atoms with Crippen LogP contribution in [0.1, 0.15) is 33.8 Å². The van der Waals surface area contributed by atoms with Gasteiger partial charge in [0.05, 0.1) is 17.3 Å². The van der Waals surface area contributed by atoms with Gasteiger partial charge in [-0.25, -0.2) is 22.1 Å². The molecule has 0 bridgehead atoms. The molecule has 1 saturated carbocycles. The highest BCUT2D eigenvalue weighted by molar-refractivity contribution is 7.14. The van der Waals surface area contributed by atoms with E-state index in [4.69, 9.17) is 5.73 Å². The molecular formula is C19H18F4N4OS. The fourth-order valence-corrected chi connectivity index (χ4v) is 4.67. The summed E-state index contributed by atoms with van der Waals surface area (Å²) in [4.78, 5) is 13.5. The topological polar surface area (TPSA) is 72.4 Å². The quantitative estimate of drug-likeness (QED) is 0.624. The van der Waals surface area contributed by atoms with Gasteiger partial charge in [-0.3, -0.25) is 4.79 Å². The molecule has 3 heterocycles.